The maximum atomic E-state index is 6.10. The summed E-state index contributed by atoms with van der Waals surface area (Å²) >= 11 is 8.23. The van der Waals surface area contributed by atoms with Gasteiger partial charge in [-0.15, -0.1) is 0 Å². The van der Waals surface area contributed by atoms with Crippen molar-refractivity contribution in [2.75, 3.05) is 7.11 Å². The van der Waals surface area contributed by atoms with Gasteiger partial charge in [0.25, 0.3) is 0 Å². The van der Waals surface area contributed by atoms with Crippen LogP contribution in [-0.4, -0.2) is 23.2 Å². The van der Waals surface area contributed by atoms with Crippen LogP contribution in [0.3, 0.4) is 0 Å². The van der Waals surface area contributed by atoms with Gasteiger partial charge in [-0.1, -0.05) is 11.6 Å². The van der Waals surface area contributed by atoms with Gasteiger partial charge in [0.05, 0.1) is 22.0 Å². The first-order valence-corrected chi connectivity index (χ1v) is 6.93. The molecule has 1 aliphatic rings. The molecule has 0 aliphatic carbocycles. The summed E-state index contributed by atoms with van der Waals surface area (Å²) in [6.07, 6.45) is 2.23. The van der Waals surface area contributed by atoms with Crippen LogP contribution in [-0.2, 0) is 16.1 Å². The van der Waals surface area contributed by atoms with E-state index in [1.54, 1.807) is 7.11 Å². The Labute approximate surface area is 119 Å². The van der Waals surface area contributed by atoms with E-state index in [-0.39, 0.29) is 12.2 Å². The van der Waals surface area contributed by atoms with Gasteiger partial charge in [0.15, 0.2) is 5.82 Å². The first kappa shape index (κ1) is 13.5. The number of ether oxygens (including phenoxy) is 2. The molecule has 2 atom stereocenters. The highest BCUT2D eigenvalue weighted by Crippen LogP contribution is 2.32. The molecule has 0 amide bonds. The van der Waals surface area contributed by atoms with Crippen LogP contribution < -0.4 is 0 Å². The van der Waals surface area contributed by atoms with Gasteiger partial charge in [-0.05, 0) is 42.4 Å². The fraction of sp³-hybridized carbons (Fsp3) is 0.636. The Morgan fingerprint density at radius 1 is 1.47 bits per heavy atom. The molecule has 0 saturated carbocycles. The molecule has 2 rings (SSSR count). The van der Waals surface area contributed by atoms with Crippen molar-refractivity contribution in [3.05, 3.63) is 20.2 Å². The van der Waals surface area contributed by atoms with Crippen molar-refractivity contribution < 1.29 is 9.47 Å². The molecule has 94 valence electrons. The topological polar surface area (TPSA) is 44.2 Å². The molecule has 4 nitrogen and oxygen atoms in total. The minimum Gasteiger partial charge on any atom is -0.378 e. The van der Waals surface area contributed by atoms with Crippen LogP contribution in [0.2, 0.25) is 5.15 Å². The monoisotopic (exact) mass is 368 g/mol. The number of aromatic nitrogens is 2. The summed E-state index contributed by atoms with van der Waals surface area (Å²) < 4.78 is 11.7. The average molecular weight is 369 g/mol. The lowest BCUT2D eigenvalue weighted by Crippen LogP contribution is -2.10. The van der Waals surface area contributed by atoms with Crippen molar-refractivity contribution in [2.24, 2.45) is 0 Å². The Morgan fingerprint density at radius 3 is 2.82 bits per heavy atom. The number of hydrogen-bond acceptors (Lipinski definition) is 4. The highest BCUT2D eigenvalue weighted by molar-refractivity contribution is 14.1. The summed E-state index contributed by atoms with van der Waals surface area (Å²) in [6.45, 7) is 2.50. The predicted molar refractivity (Wildman–Crippen MR) is 73.0 cm³/mol. The Balaban J connectivity index is 2.28. The number of halogens is 2. The minimum absolute atomic E-state index is 0.0323. The van der Waals surface area contributed by atoms with Crippen molar-refractivity contribution in [3.63, 3.8) is 0 Å². The summed E-state index contributed by atoms with van der Waals surface area (Å²) in [4.78, 5) is 8.78. The van der Waals surface area contributed by atoms with Crippen LogP contribution in [0.5, 0.6) is 0 Å². The van der Waals surface area contributed by atoms with Gasteiger partial charge >= 0.3 is 0 Å². The van der Waals surface area contributed by atoms with E-state index < -0.39 is 0 Å². The SMILES string of the molecule is COCc1nc(C2CCC(C)O2)nc(Cl)c1I. The molecular formula is C11H14ClIN2O2. The van der Waals surface area contributed by atoms with Crippen LogP contribution >= 0.6 is 34.2 Å². The van der Waals surface area contributed by atoms with Gasteiger partial charge in [0.1, 0.15) is 11.3 Å². The van der Waals surface area contributed by atoms with E-state index in [0.29, 0.717) is 17.6 Å². The smallest absolute Gasteiger partial charge is 0.159 e. The maximum Gasteiger partial charge on any atom is 0.159 e. The van der Waals surface area contributed by atoms with E-state index >= 15 is 0 Å². The zero-order valence-electron chi connectivity index (χ0n) is 9.74. The van der Waals surface area contributed by atoms with Crippen molar-refractivity contribution in [3.8, 4) is 0 Å². The fourth-order valence-corrected chi connectivity index (χ4v) is 2.44. The van der Waals surface area contributed by atoms with Gasteiger partial charge in [-0.2, -0.15) is 0 Å². The summed E-state index contributed by atoms with van der Waals surface area (Å²) in [6, 6.07) is 0. The zero-order valence-corrected chi connectivity index (χ0v) is 12.7. The van der Waals surface area contributed by atoms with Crippen LogP contribution in [0.15, 0.2) is 0 Å². The van der Waals surface area contributed by atoms with Crippen molar-refractivity contribution in [2.45, 2.75) is 38.6 Å². The third kappa shape index (κ3) is 3.07. The molecule has 1 saturated heterocycles. The van der Waals surface area contributed by atoms with Crippen molar-refractivity contribution in [1.82, 2.24) is 9.97 Å². The predicted octanol–water partition coefficient (Wildman–Crippen LogP) is 3.12. The summed E-state index contributed by atoms with van der Waals surface area (Å²) in [5.41, 5.74) is 0.825. The molecule has 1 aromatic heterocycles. The zero-order chi connectivity index (χ0) is 12.4. The quantitative estimate of drug-likeness (QED) is 0.607. The van der Waals surface area contributed by atoms with Gasteiger partial charge in [-0.3, -0.25) is 0 Å². The molecular weight excluding hydrogens is 354 g/mol. The molecule has 0 radical (unpaired) electrons. The van der Waals surface area contributed by atoms with Gasteiger partial charge < -0.3 is 9.47 Å². The fourth-order valence-electron chi connectivity index (χ4n) is 1.85. The molecule has 2 heterocycles. The molecule has 1 fully saturated rings. The molecule has 0 aromatic carbocycles. The molecule has 0 bridgehead atoms. The lowest BCUT2D eigenvalue weighted by Gasteiger charge is -2.12. The number of hydrogen-bond donors (Lipinski definition) is 0. The van der Waals surface area contributed by atoms with E-state index in [1.807, 2.05) is 0 Å². The number of methoxy groups -OCH3 is 1. The Hall–Kier alpha value is 0.0200. The highest BCUT2D eigenvalue weighted by atomic mass is 127. The molecule has 17 heavy (non-hydrogen) atoms. The molecule has 1 aromatic rings. The molecule has 6 heteroatoms. The normalized spacial score (nSPS) is 24.2. The number of rotatable bonds is 3. The first-order chi connectivity index (χ1) is 8.11. The highest BCUT2D eigenvalue weighted by Gasteiger charge is 2.27. The second-order valence-electron chi connectivity index (χ2n) is 4.08. The van der Waals surface area contributed by atoms with E-state index in [0.717, 1.165) is 22.1 Å². The maximum absolute atomic E-state index is 6.10. The first-order valence-electron chi connectivity index (χ1n) is 5.48. The minimum atomic E-state index is -0.0323. The van der Waals surface area contributed by atoms with E-state index in [4.69, 9.17) is 21.1 Å². The molecule has 0 spiro atoms. The van der Waals surface area contributed by atoms with Crippen LogP contribution in [0.4, 0.5) is 0 Å². The van der Waals surface area contributed by atoms with E-state index in [9.17, 15) is 0 Å². The van der Waals surface area contributed by atoms with Crippen LogP contribution in [0.1, 0.15) is 37.4 Å². The van der Waals surface area contributed by atoms with E-state index in [1.165, 1.54) is 0 Å². The lowest BCUT2D eigenvalue weighted by molar-refractivity contribution is 0.0498. The van der Waals surface area contributed by atoms with Gasteiger partial charge in [0, 0.05) is 7.11 Å². The third-order valence-corrected chi connectivity index (χ3v) is 4.42. The Kier molecular flexibility index (Phi) is 4.57. The standard InChI is InChI=1S/C11H14ClIN2O2/c1-6-3-4-8(17-6)11-14-7(5-16-2)9(13)10(12)15-11/h6,8H,3-5H2,1-2H3. The average Bonchev–Trinajstić information content (AvgIpc) is 2.71. The van der Waals surface area contributed by atoms with E-state index in [2.05, 4.69) is 39.5 Å². The van der Waals surface area contributed by atoms with Gasteiger partial charge in [-0.25, -0.2) is 9.97 Å². The third-order valence-electron chi connectivity index (χ3n) is 2.70. The number of nitrogens with zero attached hydrogens (tertiary/aromatic N) is 2. The van der Waals surface area contributed by atoms with Crippen molar-refractivity contribution >= 4 is 34.2 Å². The summed E-state index contributed by atoms with van der Waals surface area (Å²) in [7, 11) is 1.64. The Bertz CT molecular complexity index is 417. The largest absolute Gasteiger partial charge is 0.378 e. The van der Waals surface area contributed by atoms with Crippen molar-refractivity contribution in [1.29, 1.82) is 0 Å². The molecule has 2 unspecified atom stereocenters. The van der Waals surface area contributed by atoms with Gasteiger partial charge in [0.2, 0.25) is 0 Å². The van der Waals surface area contributed by atoms with Crippen LogP contribution in [0.25, 0.3) is 0 Å². The second-order valence-corrected chi connectivity index (χ2v) is 5.52. The summed E-state index contributed by atoms with van der Waals surface area (Å²) in [5.74, 6) is 0.673. The second kappa shape index (κ2) is 5.77. The van der Waals surface area contributed by atoms with Crippen LogP contribution in [0, 0.1) is 3.57 Å². The molecule has 1 aliphatic heterocycles. The summed E-state index contributed by atoms with van der Waals surface area (Å²) in [5, 5.41) is 0.478. The molecule has 0 N–H and O–H groups in total. The lowest BCUT2D eigenvalue weighted by atomic mass is 10.2. The Morgan fingerprint density at radius 2 is 2.24 bits per heavy atom.